The lowest BCUT2D eigenvalue weighted by Crippen LogP contribution is -2.20. The van der Waals surface area contributed by atoms with E-state index in [0.29, 0.717) is 0 Å². The average molecular weight is 540 g/mol. The third-order valence-corrected chi connectivity index (χ3v) is 10.5. The van der Waals surface area contributed by atoms with Crippen LogP contribution < -0.4 is 15.9 Å². The van der Waals surface area contributed by atoms with Crippen molar-refractivity contribution in [3.8, 4) is 11.1 Å². The second-order valence-corrected chi connectivity index (χ2v) is 12.6. The quantitative estimate of drug-likeness (QED) is 0.123. The van der Waals surface area contributed by atoms with Gasteiger partial charge in [-0.1, -0.05) is 158 Å². The lowest BCUT2D eigenvalue weighted by molar-refractivity contribution is 1.53. The molecule has 0 saturated carbocycles. The predicted molar refractivity (Wildman–Crippen MR) is 178 cm³/mol. The normalized spacial score (nSPS) is 11.6. The Labute approximate surface area is 240 Å². The zero-order valence-corrected chi connectivity index (χ0v) is 23.3. The summed E-state index contributed by atoms with van der Waals surface area (Å²) in [5.41, 5.74) is 4.58. The van der Waals surface area contributed by atoms with Gasteiger partial charge in [-0.2, -0.15) is 0 Å². The van der Waals surface area contributed by atoms with Crippen LogP contribution >= 0.6 is 7.92 Å². The summed E-state index contributed by atoms with van der Waals surface area (Å²) in [6.45, 7) is 0. The summed E-state index contributed by atoms with van der Waals surface area (Å²) in [5.74, 6) is 0. The molecule has 8 rings (SSSR count). The number of pyridine rings is 1. The first-order valence-electron chi connectivity index (χ1n) is 14.0. The monoisotopic (exact) mass is 539 g/mol. The van der Waals surface area contributed by atoms with E-state index in [4.69, 9.17) is 4.98 Å². The maximum atomic E-state index is 5.35. The molecule has 0 radical (unpaired) electrons. The smallest absolute Gasteiger partial charge is 0.0794 e. The molecule has 1 aromatic heterocycles. The third kappa shape index (κ3) is 4.10. The zero-order chi connectivity index (χ0) is 27.2. The topological polar surface area (TPSA) is 12.9 Å². The van der Waals surface area contributed by atoms with Gasteiger partial charge in [0, 0.05) is 27.1 Å². The van der Waals surface area contributed by atoms with E-state index in [1.54, 1.807) is 0 Å². The lowest BCUT2D eigenvalue weighted by Gasteiger charge is -2.20. The third-order valence-electron chi connectivity index (χ3n) is 8.01. The fourth-order valence-electron chi connectivity index (χ4n) is 6.10. The highest BCUT2D eigenvalue weighted by Crippen LogP contribution is 2.40. The molecule has 192 valence electrons. The van der Waals surface area contributed by atoms with E-state index < -0.39 is 7.92 Å². The molecular formula is C39H26NP. The summed E-state index contributed by atoms with van der Waals surface area (Å²) in [7, 11) is -0.656. The molecule has 1 heterocycles. The molecule has 0 atom stereocenters. The second kappa shape index (κ2) is 9.97. The first-order valence-corrected chi connectivity index (χ1v) is 15.3. The van der Waals surface area contributed by atoms with Crippen molar-refractivity contribution >= 4 is 67.2 Å². The Balaban J connectivity index is 1.38. The molecule has 0 fully saturated rings. The van der Waals surface area contributed by atoms with Gasteiger partial charge < -0.3 is 0 Å². The van der Waals surface area contributed by atoms with Crippen molar-refractivity contribution < 1.29 is 0 Å². The maximum absolute atomic E-state index is 5.35. The molecule has 0 aliphatic rings. The minimum Gasteiger partial charge on any atom is -0.246 e. The van der Waals surface area contributed by atoms with Crippen LogP contribution in [0.3, 0.4) is 0 Å². The van der Waals surface area contributed by atoms with Gasteiger partial charge in [-0.3, -0.25) is 0 Å². The fourth-order valence-corrected chi connectivity index (χ4v) is 8.38. The Hall–Kier alpha value is -4.84. The summed E-state index contributed by atoms with van der Waals surface area (Å²) in [5, 5.41) is 11.2. The van der Waals surface area contributed by atoms with Crippen LogP contribution in [0.4, 0.5) is 0 Å². The van der Waals surface area contributed by atoms with Gasteiger partial charge in [0.05, 0.1) is 11.0 Å². The predicted octanol–water partition coefficient (Wildman–Crippen LogP) is 9.12. The van der Waals surface area contributed by atoms with Crippen LogP contribution in [0, 0.1) is 0 Å². The summed E-state index contributed by atoms with van der Waals surface area (Å²) >= 11 is 0. The van der Waals surface area contributed by atoms with E-state index in [1.807, 2.05) is 0 Å². The number of aromatic nitrogens is 1. The highest BCUT2D eigenvalue weighted by molar-refractivity contribution is 7.79. The first kappa shape index (κ1) is 24.0. The molecule has 1 nitrogen and oxygen atoms in total. The molecule has 0 amide bonds. The van der Waals surface area contributed by atoms with E-state index in [9.17, 15) is 0 Å². The van der Waals surface area contributed by atoms with Crippen molar-refractivity contribution in [1.29, 1.82) is 0 Å². The molecule has 41 heavy (non-hydrogen) atoms. The van der Waals surface area contributed by atoms with Gasteiger partial charge in [0.25, 0.3) is 0 Å². The Bertz CT molecular complexity index is 2050. The highest BCUT2D eigenvalue weighted by atomic mass is 31.1. The standard InChI is InChI=1S/C39H26NP/c1-3-13-30(14-4-1)41(31-15-5-2-6-16-31)32-23-19-29(20-24-32)37-35-25-21-27-11-7-9-17-33(27)38(35)40-39-34-18-10-8-12-28(34)22-26-36(37)39/h1-26H. The van der Waals surface area contributed by atoms with Gasteiger partial charge in [0.2, 0.25) is 0 Å². The van der Waals surface area contributed by atoms with Gasteiger partial charge in [-0.25, -0.2) is 4.98 Å². The Kier molecular flexibility index (Phi) is 5.83. The van der Waals surface area contributed by atoms with Crippen molar-refractivity contribution in [2.24, 2.45) is 0 Å². The second-order valence-electron chi connectivity index (χ2n) is 10.4. The first-order chi connectivity index (χ1) is 20.3. The van der Waals surface area contributed by atoms with E-state index in [0.717, 1.165) is 11.0 Å². The minimum absolute atomic E-state index is 0.656. The van der Waals surface area contributed by atoms with Gasteiger partial charge in [-0.15, -0.1) is 0 Å². The number of hydrogen-bond acceptors (Lipinski definition) is 1. The van der Waals surface area contributed by atoms with Crippen LogP contribution in [-0.2, 0) is 0 Å². The van der Waals surface area contributed by atoms with Crippen LogP contribution in [-0.4, -0.2) is 4.98 Å². The molecule has 0 bridgehead atoms. The van der Waals surface area contributed by atoms with Gasteiger partial charge >= 0.3 is 0 Å². The number of nitrogens with zero attached hydrogens (tertiary/aromatic N) is 1. The Morgan fingerprint density at radius 1 is 0.341 bits per heavy atom. The molecule has 2 heteroatoms. The molecular weight excluding hydrogens is 513 g/mol. The SMILES string of the molecule is c1ccc(P(c2ccccc2)c2ccc(-c3c4ccc5ccccc5c4nc4c3ccc3ccccc34)cc2)cc1. The van der Waals surface area contributed by atoms with Crippen molar-refractivity contribution in [1.82, 2.24) is 4.98 Å². The summed E-state index contributed by atoms with van der Waals surface area (Å²) in [4.78, 5) is 5.35. The van der Waals surface area contributed by atoms with E-state index in [2.05, 4.69) is 158 Å². The zero-order valence-electron chi connectivity index (χ0n) is 22.4. The van der Waals surface area contributed by atoms with Crippen LogP contribution in [0.5, 0.6) is 0 Å². The molecule has 7 aromatic carbocycles. The lowest BCUT2D eigenvalue weighted by atomic mass is 9.92. The van der Waals surface area contributed by atoms with Crippen molar-refractivity contribution in [2.45, 2.75) is 0 Å². The molecule has 0 N–H and O–H groups in total. The molecule has 8 aromatic rings. The summed E-state index contributed by atoms with van der Waals surface area (Å²) in [6, 6.07) is 57.2. The Morgan fingerprint density at radius 3 is 1.29 bits per heavy atom. The summed E-state index contributed by atoms with van der Waals surface area (Å²) in [6.07, 6.45) is 0. The maximum Gasteiger partial charge on any atom is 0.0794 e. The van der Waals surface area contributed by atoms with E-state index >= 15 is 0 Å². The van der Waals surface area contributed by atoms with Gasteiger partial charge in [0.1, 0.15) is 0 Å². The summed E-state index contributed by atoms with van der Waals surface area (Å²) < 4.78 is 0. The number of fused-ring (bicyclic) bond motifs is 6. The van der Waals surface area contributed by atoms with E-state index in [-0.39, 0.29) is 0 Å². The van der Waals surface area contributed by atoms with Crippen LogP contribution in [0.2, 0.25) is 0 Å². The fraction of sp³-hybridized carbons (Fsp3) is 0. The van der Waals surface area contributed by atoms with E-state index in [1.165, 1.54) is 59.4 Å². The van der Waals surface area contributed by atoms with Gasteiger partial charge in [-0.05, 0) is 40.2 Å². The van der Waals surface area contributed by atoms with Crippen LogP contribution in [0.15, 0.2) is 158 Å². The largest absolute Gasteiger partial charge is 0.246 e. The van der Waals surface area contributed by atoms with Gasteiger partial charge in [0.15, 0.2) is 0 Å². The highest BCUT2D eigenvalue weighted by Gasteiger charge is 2.18. The molecule has 0 aliphatic carbocycles. The average Bonchev–Trinajstić information content (AvgIpc) is 3.05. The molecule has 0 unspecified atom stereocenters. The van der Waals surface area contributed by atoms with Crippen molar-refractivity contribution in [3.05, 3.63) is 158 Å². The van der Waals surface area contributed by atoms with Crippen LogP contribution in [0.1, 0.15) is 0 Å². The Morgan fingerprint density at radius 2 is 0.780 bits per heavy atom. The number of hydrogen-bond donors (Lipinski definition) is 0. The number of rotatable bonds is 4. The minimum atomic E-state index is -0.656. The van der Waals surface area contributed by atoms with Crippen molar-refractivity contribution in [3.63, 3.8) is 0 Å². The van der Waals surface area contributed by atoms with Crippen molar-refractivity contribution in [2.75, 3.05) is 0 Å². The molecule has 0 aliphatic heterocycles. The van der Waals surface area contributed by atoms with Crippen LogP contribution in [0.25, 0.3) is 54.5 Å². The molecule has 0 spiro atoms. The number of benzene rings is 7. The molecule has 0 saturated heterocycles.